The number of carboxylic acids is 2. The topological polar surface area (TPSA) is 81.1 Å². The maximum absolute atomic E-state index is 9.10. The molecule has 0 spiro atoms. The number of nitrogens with zero attached hydrogens (tertiary/aromatic N) is 2. The van der Waals surface area contributed by atoms with Crippen LogP contribution in [0.1, 0.15) is 51.4 Å². The number of carbonyl (C=O) groups is 2. The molecule has 0 radical (unpaired) electrons. The number of aliphatic carboxylic acids is 2. The zero-order valence-corrected chi connectivity index (χ0v) is 14.7. The van der Waals surface area contributed by atoms with Crippen LogP contribution >= 0.6 is 0 Å². The Morgan fingerprint density at radius 3 is 1.00 bits per heavy atom. The average Bonchev–Trinajstić information content (AvgIpc) is 2.40. The molecule has 0 saturated carbocycles. The van der Waals surface area contributed by atoms with Crippen LogP contribution in [0.2, 0.25) is 0 Å². The van der Waals surface area contributed by atoms with Crippen molar-refractivity contribution >= 4 is 11.9 Å². The third-order valence-electron chi connectivity index (χ3n) is 3.14. The number of hydrogen-bond donors (Lipinski definition) is 2. The first-order chi connectivity index (χ1) is 10.3. The van der Waals surface area contributed by atoms with Gasteiger partial charge in [0.05, 0.1) is 0 Å². The van der Waals surface area contributed by atoms with Gasteiger partial charge in [-0.15, -0.1) is 0 Å². The highest BCUT2D eigenvalue weighted by Gasteiger charge is 2.04. The molecule has 6 nitrogen and oxygen atoms in total. The van der Waals surface area contributed by atoms with E-state index in [4.69, 9.17) is 19.8 Å². The molecule has 0 fully saturated rings. The summed E-state index contributed by atoms with van der Waals surface area (Å²) in [5, 5.41) is 14.8. The summed E-state index contributed by atoms with van der Waals surface area (Å²) in [6.07, 6.45) is 11.3. The van der Waals surface area contributed by atoms with Crippen LogP contribution in [0.25, 0.3) is 0 Å². The fraction of sp³-hybridized carbons (Fsp3) is 0.875. The van der Waals surface area contributed by atoms with Crippen molar-refractivity contribution in [1.29, 1.82) is 0 Å². The van der Waals surface area contributed by atoms with Gasteiger partial charge in [-0.2, -0.15) is 0 Å². The summed E-state index contributed by atoms with van der Waals surface area (Å²) < 4.78 is 0. The maximum Gasteiger partial charge on any atom is 0.414 e. The van der Waals surface area contributed by atoms with Crippen LogP contribution in [-0.2, 0) is 9.59 Å². The van der Waals surface area contributed by atoms with E-state index in [9.17, 15) is 0 Å². The number of rotatable bonds is 11. The molecule has 0 aromatic rings. The average molecular weight is 318 g/mol. The Balaban J connectivity index is 0. The van der Waals surface area contributed by atoms with Crippen molar-refractivity contribution in [2.75, 3.05) is 41.3 Å². The third kappa shape index (κ3) is 23.9. The van der Waals surface area contributed by atoms with Crippen molar-refractivity contribution in [3.8, 4) is 0 Å². The quantitative estimate of drug-likeness (QED) is 0.450. The zero-order valence-electron chi connectivity index (χ0n) is 14.7. The standard InChI is InChI=1S/C14H32N2.C2H2O4/c1-15(2)13-11-9-7-5-6-8-10-12-14-16(3)4;3-1(4)2(5)6/h5-14H2,1-4H3;(H,3,4)(H,5,6). The van der Waals surface area contributed by atoms with Gasteiger partial charge in [0, 0.05) is 0 Å². The molecule has 0 aliphatic heterocycles. The third-order valence-corrected chi connectivity index (χ3v) is 3.14. The van der Waals surface area contributed by atoms with E-state index in [-0.39, 0.29) is 0 Å². The minimum Gasteiger partial charge on any atom is -0.473 e. The van der Waals surface area contributed by atoms with Crippen LogP contribution in [-0.4, -0.2) is 73.2 Å². The summed E-state index contributed by atoms with van der Waals surface area (Å²) >= 11 is 0. The van der Waals surface area contributed by atoms with E-state index in [0.29, 0.717) is 0 Å². The lowest BCUT2D eigenvalue weighted by molar-refractivity contribution is -0.159. The second kappa shape index (κ2) is 16.2. The van der Waals surface area contributed by atoms with Crippen LogP contribution in [0.3, 0.4) is 0 Å². The Kier molecular flexibility index (Phi) is 17.1. The Morgan fingerprint density at radius 2 is 0.818 bits per heavy atom. The summed E-state index contributed by atoms with van der Waals surface area (Å²) in [5.74, 6) is -3.65. The van der Waals surface area contributed by atoms with E-state index in [0.717, 1.165) is 0 Å². The van der Waals surface area contributed by atoms with E-state index in [1.807, 2.05) is 0 Å². The van der Waals surface area contributed by atoms with E-state index >= 15 is 0 Å². The van der Waals surface area contributed by atoms with Gasteiger partial charge in [-0.05, 0) is 54.1 Å². The molecule has 22 heavy (non-hydrogen) atoms. The smallest absolute Gasteiger partial charge is 0.414 e. The molecule has 0 amide bonds. The van der Waals surface area contributed by atoms with Gasteiger partial charge in [0.2, 0.25) is 0 Å². The molecule has 0 aromatic carbocycles. The SMILES string of the molecule is CN(C)CCCCCCCCCCN(C)C.O=C(O)C(=O)O. The van der Waals surface area contributed by atoms with Crippen LogP contribution in [0.5, 0.6) is 0 Å². The molecule has 0 rings (SSSR count). The fourth-order valence-corrected chi connectivity index (χ4v) is 1.92. The first kappa shape index (κ1) is 23.1. The van der Waals surface area contributed by atoms with Crippen molar-refractivity contribution in [2.24, 2.45) is 0 Å². The highest BCUT2D eigenvalue weighted by Crippen LogP contribution is 2.08. The van der Waals surface area contributed by atoms with Crippen LogP contribution in [0.4, 0.5) is 0 Å². The molecule has 0 unspecified atom stereocenters. The molecule has 132 valence electrons. The van der Waals surface area contributed by atoms with Gasteiger partial charge in [-0.25, -0.2) is 9.59 Å². The van der Waals surface area contributed by atoms with E-state index in [2.05, 4.69) is 38.0 Å². The van der Waals surface area contributed by atoms with E-state index in [1.165, 1.54) is 64.5 Å². The van der Waals surface area contributed by atoms with Gasteiger partial charge in [-0.1, -0.05) is 38.5 Å². The summed E-state index contributed by atoms with van der Waals surface area (Å²) in [4.78, 5) is 22.8. The van der Waals surface area contributed by atoms with Gasteiger partial charge >= 0.3 is 11.9 Å². The fourth-order valence-electron chi connectivity index (χ4n) is 1.92. The van der Waals surface area contributed by atoms with Gasteiger partial charge in [0.1, 0.15) is 0 Å². The Hall–Kier alpha value is -1.14. The predicted octanol–water partition coefficient (Wildman–Crippen LogP) is 2.39. The molecular weight excluding hydrogens is 284 g/mol. The van der Waals surface area contributed by atoms with Crippen molar-refractivity contribution in [3.63, 3.8) is 0 Å². The van der Waals surface area contributed by atoms with Crippen LogP contribution in [0, 0.1) is 0 Å². The highest BCUT2D eigenvalue weighted by atomic mass is 16.4. The summed E-state index contributed by atoms with van der Waals surface area (Å²) in [6.45, 7) is 2.51. The first-order valence-corrected chi connectivity index (χ1v) is 8.03. The first-order valence-electron chi connectivity index (χ1n) is 8.03. The summed E-state index contributed by atoms with van der Waals surface area (Å²) in [5.41, 5.74) is 0. The summed E-state index contributed by atoms with van der Waals surface area (Å²) in [6, 6.07) is 0. The second-order valence-electron chi connectivity index (χ2n) is 6.05. The molecule has 0 aliphatic carbocycles. The van der Waals surface area contributed by atoms with E-state index in [1.54, 1.807) is 0 Å². The molecule has 0 saturated heterocycles. The lowest BCUT2D eigenvalue weighted by atomic mass is 10.1. The van der Waals surface area contributed by atoms with Crippen molar-refractivity contribution in [1.82, 2.24) is 9.80 Å². The Bertz CT molecular complexity index is 253. The zero-order chi connectivity index (χ0) is 17.4. The molecular formula is C16H34N2O4. The number of hydrogen-bond acceptors (Lipinski definition) is 4. The predicted molar refractivity (Wildman–Crippen MR) is 89.3 cm³/mol. The number of carboxylic acid groups (broad SMARTS) is 2. The molecule has 0 atom stereocenters. The normalized spacial score (nSPS) is 10.5. The van der Waals surface area contributed by atoms with E-state index < -0.39 is 11.9 Å². The Morgan fingerprint density at radius 1 is 0.591 bits per heavy atom. The maximum atomic E-state index is 9.10. The number of unbranched alkanes of at least 4 members (excludes halogenated alkanes) is 7. The second-order valence-corrected chi connectivity index (χ2v) is 6.05. The molecule has 0 aromatic heterocycles. The van der Waals surface area contributed by atoms with Gasteiger partial charge in [0.15, 0.2) is 0 Å². The molecule has 0 aliphatic rings. The van der Waals surface area contributed by atoms with Crippen LogP contribution < -0.4 is 0 Å². The largest absolute Gasteiger partial charge is 0.473 e. The lowest BCUT2D eigenvalue weighted by Gasteiger charge is -2.09. The lowest BCUT2D eigenvalue weighted by Crippen LogP contribution is -2.12. The highest BCUT2D eigenvalue weighted by molar-refractivity contribution is 6.27. The van der Waals surface area contributed by atoms with Crippen molar-refractivity contribution < 1.29 is 19.8 Å². The minimum atomic E-state index is -1.82. The van der Waals surface area contributed by atoms with Crippen LogP contribution in [0.15, 0.2) is 0 Å². The van der Waals surface area contributed by atoms with Gasteiger partial charge in [-0.3, -0.25) is 0 Å². The minimum absolute atomic E-state index is 1.25. The molecule has 6 heteroatoms. The van der Waals surface area contributed by atoms with Gasteiger partial charge < -0.3 is 20.0 Å². The molecule has 0 bridgehead atoms. The van der Waals surface area contributed by atoms with Crippen molar-refractivity contribution in [2.45, 2.75) is 51.4 Å². The summed E-state index contributed by atoms with van der Waals surface area (Å²) in [7, 11) is 8.63. The van der Waals surface area contributed by atoms with Gasteiger partial charge in [0.25, 0.3) is 0 Å². The molecule has 0 heterocycles. The van der Waals surface area contributed by atoms with Crippen molar-refractivity contribution in [3.05, 3.63) is 0 Å². The molecule has 2 N–H and O–H groups in total. The Labute approximate surface area is 135 Å². The monoisotopic (exact) mass is 318 g/mol.